The van der Waals surface area contributed by atoms with Crippen LogP contribution in [-0.4, -0.2) is 28.1 Å². The van der Waals surface area contributed by atoms with Crippen molar-refractivity contribution in [2.24, 2.45) is 0 Å². The molecule has 1 aliphatic heterocycles. The molecule has 1 N–H and O–H groups in total. The lowest BCUT2D eigenvalue weighted by Crippen LogP contribution is -2.26. The van der Waals surface area contributed by atoms with Gasteiger partial charge in [0.15, 0.2) is 0 Å². The zero-order valence-electron chi connectivity index (χ0n) is 14.8. The van der Waals surface area contributed by atoms with Crippen LogP contribution in [0.15, 0.2) is 48.5 Å². The van der Waals surface area contributed by atoms with Gasteiger partial charge in [0.25, 0.3) is 0 Å². The van der Waals surface area contributed by atoms with Gasteiger partial charge in [-0.05, 0) is 61.1 Å². The molecule has 0 radical (unpaired) electrons. The second-order valence-corrected chi connectivity index (χ2v) is 8.99. The Balaban J connectivity index is 1.42. The molecule has 1 aliphatic rings. The number of halogens is 1. The maximum atomic E-state index is 12.1. The standard InChI is InChI=1S/C20H25ClN2O2S/c21-19-9-5-18(6-10-19)16-26(24,25)22-13-3-4-17-7-11-20(12-8-17)23-14-1-2-15-23/h5-12,22H,1-4,13-16H2. The molecule has 1 fully saturated rings. The number of nitrogens with zero attached hydrogens (tertiary/aromatic N) is 1. The quantitative estimate of drug-likeness (QED) is 0.691. The van der Waals surface area contributed by atoms with Crippen molar-refractivity contribution in [2.45, 2.75) is 31.4 Å². The van der Waals surface area contributed by atoms with Crippen molar-refractivity contribution >= 4 is 27.3 Å². The number of rotatable bonds is 8. The first-order valence-corrected chi connectivity index (χ1v) is 11.1. The normalized spacial score (nSPS) is 14.7. The monoisotopic (exact) mass is 392 g/mol. The van der Waals surface area contributed by atoms with E-state index >= 15 is 0 Å². The third-order valence-electron chi connectivity index (χ3n) is 4.64. The second-order valence-electron chi connectivity index (χ2n) is 6.74. The van der Waals surface area contributed by atoms with Gasteiger partial charge in [0.1, 0.15) is 0 Å². The Morgan fingerprint density at radius 3 is 2.19 bits per heavy atom. The largest absolute Gasteiger partial charge is 0.372 e. The van der Waals surface area contributed by atoms with Crippen molar-refractivity contribution in [1.29, 1.82) is 0 Å². The highest BCUT2D eigenvalue weighted by atomic mass is 35.5. The summed E-state index contributed by atoms with van der Waals surface area (Å²) in [5.41, 5.74) is 3.26. The summed E-state index contributed by atoms with van der Waals surface area (Å²) < 4.78 is 27.0. The van der Waals surface area contributed by atoms with Crippen LogP contribution in [-0.2, 0) is 22.2 Å². The van der Waals surface area contributed by atoms with Crippen LogP contribution in [0.4, 0.5) is 5.69 Å². The zero-order chi connectivity index (χ0) is 18.4. The van der Waals surface area contributed by atoms with Crippen molar-refractivity contribution in [3.63, 3.8) is 0 Å². The molecule has 26 heavy (non-hydrogen) atoms. The van der Waals surface area contributed by atoms with Gasteiger partial charge in [-0.3, -0.25) is 0 Å². The van der Waals surface area contributed by atoms with Gasteiger partial charge < -0.3 is 4.90 Å². The Morgan fingerprint density at radius 1 is 0.923 bits per heavy atom. The Morgan fingerprint density at radius 2 is 1.54 bits per heavy atom. The molecular formula is C20H25ClN2O2S. The molecule has 0 aromatic heterocycles. The highest BCUT2D eigenvalue weighted by Crippen LogP contribution is 2.20. The lowest BCUT2D eigenvalue weighted by atomic mass is 10.1. The fraction of sp³-hybridized carbons (Fsp3) is 0.400. The zero-order valence-corrected chi connectivity index (χ0v) is 16.4. The summed E-state index contributed by atoms with van der Waals surface area (Å²) in [6.45, 7) is 2.74. The Hall–Kier alpha value is -1.56. The van der Waals surface area contributed by atoms with Gasteiger partial charge in [-0.1, -0.05) is 35.9 Å². The van der Waals surface area contributed by atoms with Gasteiger partial charge in [0.05, 0.1) is 5.75 Å². The number of anilines is 1. The molecule has 0 saturated carbocycles. The summed E-state index contributed by atoms with van der Waals surface area (Å²) in [4.78, 5) is 2.41. The number of hydrogen-bond acceptors (Lipinski definition) is 3. The van der Waals surface area contributed by atoms with Gasteiger partial charge in [-0.15, -0.1) is 0 Å². The summed E-state index contributed by atoms with van der Waals surface area (Å²) >= 11 is 5.82. The van der Waals surface area contributed by atoms with Crippen molar-refractivity contribution < 1.29 is 8.42 Å². The number of hydrogen-bond donors (Lipinski definition) is 1. The third-order valence-corrected chi connectivity index (χ3v) is 6.25. The maximum Gasteiger partial charge on any atom is 0.215 e. The molecule has 6 heteroatoms. The van der Waals surface area contributed by atoms with Crippen molar-refractivity contribution in [3.05, 3.63) is 64.7 Å². The molecule has 0 bridgehead atoms. The van der Waals surface area contributed by atoms with Crippen LogP contribution >= 0.6 is 11.6 Å². The maximum absolute atomic E-state index is 12.1. The van der Waals surface area contributed by atoms with E-state index in [-0.39, 0.29) is 5.75 Å². The average molecular weight is 393 g/mol. The molecule has 0 aliphatic carbocycles. The fourth-order valence-corrected chi connectivity index (χ4v) is 4.53. The first-order chi connectivity index (χ1) is 12.5. The Bertz CT molecular complexity index is 799. The van der Waals surface area contributed by atoms with Gasteiger partial charge >= 0.3 is 0 Å². The highest BCUT2D eigenvalue weighted by Gasteiger charge is 2.12. The molecule has 1 saturated heterocycles. The van der Waals surface area contributed by atoms with E-state index in [1.807, 2.05) is 0 Å². The van der Waals surface area contributed by atoms with E-state index < -0.39 is 10.0 Å². The van der Waals surface area contributed by atoms with E-state index in [1.54, 1.807) is 24.3 Å². The van der Waals surface area contributed by atoms with E-state index in [0.717, 1.165) is 31.5 Å². The van der Waals surface area contributed by atoms with Crippen LogP contribution < -0.4 is 9.62 Å². The molecule has 4 nitrogen and oxygen atoms in total. The molecule has 0 spiro atoms. The molecule has 2 aromatic carbocycles. The fourth-order valence-electron chi connectivity index (χ4n) is 3.22. The van der Waals surface area contributed by atoms with Crippen LogP contribution in [0.1, 0.15) is 30.4 Å². The first kappa shape index (κ1) is 19.2. The minimum atomic E-state index is -3.32. The van der Waals surface area contributed by atoms with Crippen LogP contribution in [0, 0.1) is 0 Å². The SMILES string of the molecule is O=S(=O)(Cc1ccc(Cl)cc1)NCCCc1ccc(N2CCCC2)cc1. The van der Waals surface area contributed by atoms with Crippen LogP contribution in [0.3, 0.4) is 0 Å². The highest BCUT2D eigenvalue weighted by molar-refractivity contribution is 7.88. The molecule has 2 aromatic rings. The lowest BCUT2D eigenvalue weighted by Gasteiger charge is -2.17. The summed E-state index contributed by atoms with van der Waals surface area (Å²) in [7, 11) is -3.32. The van der Waals surface area contributed by atoms with E-state index in [2.05, 4.69) is 33.9 Å². The predicted octanol–water partition coefficient (Wildman–Crippen LogP) is 3.99. The molecule has 3 rings (SSSR count). The number of nitrogens with one attached hydrogen (secondary N) is 1. The van der Waals surface area contributed by atoms with E-state index in [9.17, 15) is 8.42 Å². The van der Waals surface area contributed by atoms with Crippen LogP contribution in [0.5, 0.6) is 0 Å². The van der Waals surface area contributed by atoms with Crippen LogP contribution in [0.25, 0.3) is 0 Å². The molecule has 0 atom stereocenters. The number of aryl methyl sites for hydroxylation is 1. The molecular weight excluding hydrogens is 368 g/mol. The molecule has 0 unspecified atom stereocenters. The summed E-state index contributed by atoms with van der Waals surface area (Å²) in [6, 6.07) is 15.5. The smallest absolute Gasteiger partial charge is 0.215 e. The summed E-state index contributed by atoms with van der Waals surface area (Å²) in [5, 5.41) is 0.606. The molecule has 0 amide bonds. The first-order valence-electron chi connectivity index (χ1n) is 9.07. The molecule has 1 heterocycles. The average Bonchev–Trinajstić information content (AvgIpc) is 3.16. The van der Waals surface area contributed by atoms with Gasteiger partial charge in [0.2, 0.25) is 10.0 Å². The minimum Gasteiger partial charge on any atom is -0.372 e. The van der Waals surface area contributed by atoms with E-state index in [0.29, 0.717) is 11.6 Å². The second kappa shape index (κ2) is 8.89. The van der Waals surface area contributed by atoms with Crippen molar-refractivity contribution in [1.82, 2.24) is 4.72 Å². The summed E-state index contributed by atoms with van der Waals surface area (Å²) in [6.07, 6.45) is 4.20. The predicted molar refractivity (Wildman–Crippen MR) is 108 cm³/mol. The van der Waals surface area contributed by atoms with Gasteiger partial charge in [-0.2, -0.15) is 0 Å². The Kier molecular flexibility index (Phi) is 6.57. The topological polar surface area (TPSA) is 49.4 Å². The van der Waals surface area contributed by atoms with Gasteiger partial charge in [-0.25, -0.2) is 13.1 Å². The van der Waals surface area contributed by atoms with Crippen LogP contribution in [0.2, 0.25) is 5.02 Å². The van der Waals surface area contributed by atoms with E-state index in [4.69, 9.17) is 11.6 Å². The van der Waals surface area contributed by atoms with E-state index in [1.165, 1.54) is 24.1 Å². The Labute approximate surface area is 161 Å². The van der Waals surface area contributed by atoms with Gasteiger partial charge in [0, 0.05) is 30.3 Å². The lowest BCUT2D eigenvalue weighted by molar-refractivity contribution is 0.578. The molecule has 140 valence electrons. The van der Waals surface area contributed by atoms with Crippen molar-refractivity contribution in [3.8, 4) is 0 Å². The van der Waals surface area contributed by atoms with Crippen molar-refractivity contribution in [2.75, 3.05) is 24.5 Å². The number of sulfonamides is 1. The summed E-state index contributed by atoms with van der Waals surface area (Å²) in [5.74, 6) is -0.0191. The third kappa shape index (κ3) is 5.73. The number of benzene rings is 2. The minimum absolute atomic E-state index is 0.0191.